The first kappa shape index (κ1) is 12.5. The second-order valence-electron chi connectivity index (χ2n) is 6.60. The predicted octanol–water partition coefficient (Wildman–Crippen LogP) is 4.25. The second kappa shape index (κ2) is 4.72. The van der Waals surface area contributed by atoms with E-state index in [2.05, 4.69) is 64.5 Å². The van der Waals surface area contributed by atoms with Gasteiger partial charge in [0.05, 0.1) is 6.04 Å². The molecule has 0 bridgehead atoms. The number of hydrogen-bond donors (Lipinski definition) is 1. The molecule has 2 atom stereocenters. The summed E-state index contributed by atoms with van der Waals surface area (Å²) < 4.78 is 0. The van der Waals surface area contributed by atoms with Crippen molar-refractivity contribution >= 4 is 10.9 Å². The van der Waals surface area contributed by atoms with Crippen LogP contribution in [0.4, 0.5) is 0 Å². The van der Waals surface area contributed by atoms with Gasteiger partial charge >= 0.3 is 0 Å². The lowest BCUT2D eigenvalue weighted by Crippen LogP contribution is -2.32. The topological polar surface area (TPSA) is 19.0 Å². The third-order valence-electron chi connectivity index (χ3n) is 5.52. The summed E-state index contributed by atoms with van der Waals surface area (Å²) in [7, 11) is 0. The fourth-order valence-corrected chi connectivity index (χ4v) is 4.54. The van der Waals surface area contributed by atoms with Gasteiger partial charge in [-0.1, -0.05) is 48.5 Å². The minimum atomic E-state index is 0.526. The molecule has 3 heterocycles. The number of para-hydroxylation sites is 1. The highest BCUT2D eigenvalue weighted by Crippen LogP contribution is 2.47. The molecule has 2 aliphatic rings. The molecule has 2 aromatic carbocycles. The number of nitrogens with one attached hydrogen (secondary N) is 1. The zero-order valence-electron chi connectivity index (χ0n) is 12.6. The summed E-state index contributed by atoms with van der Waals surface area (Å²) in [5.41, 5.74) is 5.81. The molecule has 1 saturated heterocycles. The molecular weight excluding hydrogens is 268 g/mol. The number of H-pyrrole nitrogens is 1. The fourth-order valence-electron chi connectivity index (χ4n) is 4.54. The predicted molar refractivity (Wildman–Crippen MR) is 90.1 cm³/mol. The maximum atomic E-state index is 3.75. The summed E-state index contributed by atoms with van der Waals surface area (Å²) in [6.07, 6.45) is 2.45. The Morgan fingerprint density at radius 1 is 0.909 bits per heavy atom. The zero-order valence-corrected chi connectivity index (χ0v) is 12.6. The standard InChI is InChI=1S/C20H20N2/c1-2-6-14(7-3-1)15-10-12-22-13-11-17-16-8-4-5-9-18(16)21-19(17)20(15)22/h1-9,15,20-21H,10-13H2/t15-,20+/m1/s1. The van der Waals surface area contributed by atoms with Gasteiger partial charge in [0.25, 0.3) is 0 Å². The number of aromatic amines is 1. The van der Waals surface area contributed by atoms with Gasteiger partial charge in [-0.25, -0.2) is 0 Å². The van der Waals surface area contributed by atoms with Gasteiger partial charge in [-0.15, -0.1) is 0 Å². The monoisotopic (exact) mass is 288 g/mol. The van der Waals surface area contributed by atoms with Crippen LogP contribution < -0.4 is 0 Å². The van der Waals surface area contributed by atoms with Gasteiger partial charge in [0, 0.05) is 29.1 Å². The van der Waals surface area contributed by atoms with Crippen molar-refractivity contribution < 1.29 is 0 Å². The van der Waals surface area contributed by atoms with Crippen molar-refractivity contribution in [3.8, 4) is 0 Å². The maximum absolute atomic E-state index is 3.75. The largest absolute Gasteiger partial charge is 0.357 e. The SMILES string of the molecule is c1ccc([C@H]2CCN3CCc4c([nH]c5ccccc45)[C@H]23)cc1. The van der Waals surface area contributed by atoms with E-state index < -0.39 is 0 Å². The summed E-state index contributed by atoms with van der Waals surface area (Å²) in [6.45, 7) is 2.42. The van der Waals surface area contributed by atoms with E-state index in [0.29, 0.717) is 12.0 Å². The van der Waals surface area contributed by atoms with Crippen LogP contribution in [0.1, 0.15) is 35.2 Å². The molecule has 2 nitrogen and oxygen atoms in total. The van der Waals surface area contributed by atoms with Crippen LogP contribution in [-0.4, -0.2) is 23.0 Å². The summed E-state index contributed by atoms with van der Waals surface area (Å²) in [4.78, 5) is 6.42. The molecule has 0 spiro atoms. The van der Waals surface area contributed by atoms with E-state index in [1.165, 1.54) is 48.1 Å². The van der Waals surface area contributed by atoms with Crippen LogP contribution in [-0.2, 0) is 6.42 Å². The van der Waals surface area contributed by atoms with Crippen LogP contribution in [0.25, 0.3) is 10.9 Å². The zero-order chi connectivity index (χ0) is 14.5. The van der Waals surface area contributed by atoms with Gasteiger partial charge < -0.3 is 4.98 Å². The van der Waals surface area contributed by atoms with Crippen molar-refractivity contribution in [1.82, 2.24) is 9.88 Å². The Morgan fingerprint density at radius 3 is 2.64 bits per heavy atom. The van der Waals surface area contributed by atoms with Gasteiger partial charge in [-0.05, 0) is 36.6 Å². The molecule has 110 valence electrons. The summed E-state index contributed by atoms with van der Waals surface area (Å²) >= 11 is 0. The molecule has 1 N–H and O–H groups in total. The van der Waals surface area contributed by atoms with Crippen molar-refractivity contribution in [3.05, 3.63) is 71.4 Å². The van der Waals surface area contributed by atoms with Crippen LogP contribution in [0.3, 0.4) is 0 Å². The van der Waals surface area contributed by atoms with Gasteiger partial charge in [0.2, 0.25) is 0 Å². The highest BCUT2D eigenvalue weighted by atomic mass is 15.2. The number of aromatic nitrogens is 1. The van der Waals surface area contributed by atoms with Gasteiger partial charge in [-0.2, -0.15) is 0 Å². The molecule has 0 unspecified atom stereocenters. The van der Waals surface area contributed by atoms with Crippen molar-refractivity contribution in [1.29, 1.82) is 0 Å². The minimum absolute atomic E-state index is 0.526. The number of hydrogen-bond acceptors (Lipinski definition) is 1. The van der Waals surface area contributed by atoms with Gasteiger partial charge in [0.15, 0.2) is 0 Å². The van der Waals surface area contributed by atoms with Crippen molar-refractivity contribution in [2.75, 3.05) is 13.1 Å². The molecule has 1 aromatic heterocycles. The third-order valence-corrected chi connectivity index (χ3v) is 5.52. The van der Waals surface area contributed by atoms with Crippen LogP contribution in [0.15, 0.2) is 54.6 Å². The summed E-state index contributed by atoms with van der Waals surface area (Å²) in [6, 6.07) is 20.4. The normalized spacial score (nSPS) is 24.4. The van der Waals surface area contributed by atoms with Gasteiger partial charge in [-0.3, -0.25) is 4.90 Å². The lowest BCUT2D eigenvalue weighted by Gasteiger charge is -2.33. The summed E-state index contributed by atoms with van der Waals surface area (Å²) in [5, 5.41) is 1.43. The lowest BCUT2D eigenvalue weighted by atomic mass is 9.86. The van der Waals surface area contributed by atoms with Gasteiger partial charge in [0.1, 0.15) is 0 Å². The number of rotatable bonds is 1. The van der Waals surface area contributed by atoms with E-state index in [1.54, 1.807) is 5.56 Å². The minimum Gasteiger partial charge on any atom is -0.357 e. The molecule has 3 aromatic rings. The molecule has 0 radical (unpaired) electrons. The molecule has 2 heteroatoms. The van der Waals surface area contributed by atoms with E-state index in [9.17, 15) is 0 Å². The average Bonchev–Trinajstić information content (AvgIpc) is 3.16. The Balaban J connectivity index is 1.66. The number of fused-ring (bicyclic) bond motifs is 5. The molecule has 0 amide bonds. The van der Waals surface area contributed by atoms with E-state index in [0.717, 1.165) is 0 Å². The molecule has 0 saturated carbocycles. The Kier molecular flexibility index (Phi) is 2.68. The third kappa shape index (κ3) is 1.71. The molecule has 22 heavy (non-hydrogen) atoms. The lowest BCUT2D eigenvalue weighted by molar-refractivity contribution is 0.230. The van der Waals surface area contributed by atoms with Crippen LogP contribution in [0, 0.1) is 0 Å². The molecule has 5 rings (SSSR count). The Hall–Kier alpha value is -2.06. The smallest absolute Gasteiger partial charge is 0.0571 e. The van der Waals surface area contributed by atoms with E-state index >= 15 is 0 Å². The van der Waals surface area contributed by atoms with Crippen molar-refractivity contribution in [2.45, 2.75) is 24.8 Å². The highest BCUT2D eigenvalue weighted by Gasteiger charge is 2.40. The average molecular weight is 288 g/mol. The number of nitrogens with zero attached hydrogens (tertiary/aromatic N) is 1. The molecule has 1 fully saturated rings. The molecule has 0 aliphatic carbocycles. The fraction of sp³-hybridized carbons (Fsp3) is 0.300. The highest BCUT2D eigenvalue weighted by molar-refractivity contribution is 5.85. The van der Waals surface area contributed by atoms with Crippen molar-refractivity contribution in [3.63, 3.8) is 0 Å². The molecular formula is C20H20N2. The first-order valence-electron chi connectivity index (χ1n) is 8.30. The van der Waals surface area contributed by atoms with Crippen LogP contribution >= 0.6 is 0 Å². The Morgan fingerprint density at radius 2 is 1.73 bits per heavy atom. The van der Waals surface area contributed by atoms with Crippen LogP contribution in [0.2, 0.25) is 0 Å². The van der Waals surface area contributed by atoms with Crippen molar-refractivity contribution in [2.24, 2.45) is 0 Å². The number of benzene rings is 2. The summed E-state index contributed by atoms with van der Waals surface area (Å²) in [5.74, 6) is 0.619. The first-order chi connectivity index (χ1) is 10.9. The van der Waals surface area contributed by atoms with E-state index in [-0.39, 0.29) is 0 Å². The second-order valence-corrected chi connectivity index (χ2v) is 6.60. The first-order valence-corrected chi connectivity index (χ1v) is 8.30. The maximum Gasteiger partial charge on any atom is 0.0571 e. The molecule has 2 aliphatic heterocycles. The quantitative estimate of drug-likeness (QED) is 0.709. The van der Waals surface area contributed by atoms with Crippen LogP contribution in [0.5, 0.6) is 0 Å². The Bertz CT molecular complexity index is 818. The van der Waals surface area contributed by atoms with E-state index in [4.69, 9.17) is 0 Å². The Labute approximate surface area is 130 Å². The van der Waals surface area contributed by atoms with E-state index in [1.807, 2.05) is 0 Å².